The normalized spacial score (nSPS) is 10.8. The molecule has 114 valence electrons. The van der Waals surface area contributed by atoms with E-state index in [2.05, 4.69) is 55.0 Å². The molecule has 3 nitrogen and oxygen atoms in total. The highest BCUT2D eigenvalue weighted by Crippen LogP contribution is 2.28. The van der Waals surface area contributed by atoms with Crippen molar-refractivity contribution in [2.45, 2.75) is 19.2 Å². The maximum atomic E-state index is 5.47. The predicted molar refractivity (Wildman–Crippen MR) is 92.0 cm³/mol. The lowest BCUT2D eigenvalue weighted by Crippen LogP contribution is -2.31. The monoisotopic (exact) mass is 407 g/mol. The Hall–Kier alpha value is -0.100. The third kappa shape index (κ3) is 6.12. The first-order valence-electron chi connectivity index (χ1n) is 6.97. The van der Waals surface area contributed by atoms with Crippen LogP contribution in [-0.2, 0) is 14.8 Å². The molecule has 20 heavy (non-hydrogen) atoms. The number of rotatable bonds is 10. The van der Waals surface area contributed by atoms with Gasteiger partial charge in [-0.1, -0.05) is 22.0 Å². The fourth-order valence-electron chi connectivity index (χ4n) is 1.88. The van der Waals surface area contributed by atoms with Gasteiger partial charge in [-0.2, -0.15) is 0 Å². The lowest BCUT2D eigenvalue weighted by atomic mass is 10.2. The number of alkyl halides is 1. The highest BCUT2D eigenvalue weighted by Gasteiger charge is 2.10. The molecule has 0 N–H and O–H groups in total. The fourth-order valence-corrected chi connectivity index (χ4v) is 2.91. The largest absolute Gasteiger partial charge is 0.380 e. The molecule has 1 aromatic carbocycles. The minimum absolute atomic E-state index is 0.731. The Morgan fingerprint density at radius 3 is 2.10 bits per heavy atom. The minimum atomic E-state index is 0.731. The van der Waals surface area contributed by atoms with Crippen LogP contribution >= 0.6 is 31.9 Å². The number of nitrogens with zero attached hydrogens (tertiary/aromatic N) is 1. The Labute approximate surface area is 138 Å². The summed E-state index contributed by atoms with van der Waals surface area (Å²) in [6.45, 7) is 8.74. The number of anilines is 1. The summed E-state index contributed by atoms with van der Waals surface area (Å²) in [5, 5.41) is 0.865. The molecule has 0 saturated carbocycles. The van der Waals surface area contributed by atoms with Gasteiger partial charge < -0.3 is 14.4 Å². The Balaban J connectivity index is 2.73. The lowest BCUT2D eigenvalue weighted by molar-refractivity contribution is 0.141. The number of hydrogen-bond donors (Lipinski definition) is 0. The summed E-state index contributed by atoms with van der Waals surface area (Å²) in [5.41, 5.74) is 2.45. The van der Waals surface area contributed by atoms with E-state index in [0.717, 1.165) is 49.3 Å². The van der Waals surface area contributed by atoms with Crippen molar-refractivity contribution in [2.24, 2.45) is 0 Å². The molecule has 5 heteroatoms. The molecule has 0 saturated heterocycles. The average Bonchev–Trinajstić information content (AvgIpc) is 2.46. The zero-order valence-electron chi connectivity index (χ0n) is 12.2. The van der Waals surface area contributed by atoms with Crippen LogP contribution < -0.4 is 4.90 Å². The summed E-state index contributed by atoms with van der Waals surface area (Å²) in [5.74, 6) is 0. The Kier molecular flexibility index (Phi) is 9.52. The molecule has 0 aromatic heterocycles. The molecule has 0 radical (unpaired) electrons. The van der Waals surface area contributed by atoms with E-state index in [1.807, 2.05) is 13.8 Å². The first kappa shape index (κ1) is 18.0. The second-order valence-corrected chi connectivity index (χ2v) is 5.72. The van der Waals surface area contributed by atoms with Crippen molar-refractivity contribution < 1.29 is 9.47 Å². The van der Waals surface area contributed by atoms with Gasteiger partial charge >= 0.3 is 0 Å². The van der Waals surface area contributed by atoms with Crippen molar-refractivity contribution in [2.75, 3.05) is 44.4 Å². The van der Waals surface area contributed by atoms with E-state index in [9.17, 15) is 0 Å². The smallest absolute Gasteiger partial charge is 0.0641 e. The van der Waals surface area contributed by atoms with E-state index in [1.54, 1.807) is 0 Å². The number of benzene rings is 1. The Morgan fingerprint density at radius 1 is 1.05 bits per heavy atom. The SMILES string of the molecule is CCOCCN(CCOCC)c1ccc(CBr)cc1Br. The quantitative estimate of drug-likeness (QED) is 0.427. The van der Waals surface area contributed by atoms with Gasteiger partial charge in [-0.15, -0.1) is 0 Å². The van der Waals surface area contributed by atoms with Gasteiger partial charge in [-0.05, 0) is 47.5 Å². The van der Waals surface area contributed by atoms with E-state index in [1.165, 1.54) is 11.3 Å². The molecule has 1 aromatic rings. The van der Waals surface area contributed by atoms with E-state index in [-0.39, 0.29) is 0 Å². The standard InChI is InChI=1S/C15H23Br2NO2/c1-3-19-9-7-18(8-10-20-4-2)15-6-5-13(12-16)11-14(15)17/h5-6,11H,3-4,7-10,12H2,1-2H3. The molecule has 0 heterocycles. The van der Waals surface area contributed by atoms with E-state index >= 15 is 0 Å². The van der Waals surface area contributed by atoms with E-state index < -0.39 is 0 Å². The topological polar surface area (TPSA) is 21.7 Å². The molecular weight excluding hydrogens is 386 g/mol. The molecule has 0 aliphatic heterocycles. The van der Waals surface area contributed by atoms with Crippen molar-refractivity contribution in [1.82, 2.24) is 0 Å². The van der Waals surface area contributed by atoms with Gasteiger partial charge in [0.05, 0.1) is 18.9 Å². The summed E-state index contributed by atoms with van der Waals surface area (Å²) in [6, 6.07) is 6.44. The third-order valence-corrected chi connectivity index (χ3v) is 4.21. The lowest BCUT2D eigenvalue weighted by Gasteiger charge is -2.26. The zero-order valence-corrected chi connectivity index (χ0v) is 15.4. The van der Waals surface area contributed by atoms with Crippen LogP contribution in [-0.4, -0.2) is 39.5 Å². The van der Waals surface area contributed by atoms with Crippen LogP contribution in [0.25, 0.3) is 0 Å². The van der Waals surface area contributed by atoms with E-state index in [0.29, 0.717) is 0 Å². The fraction of sp³-hybridized carbons (Fsp3) is 0.600. The van der Waals surface area contributed by atoms with Crippen molar-refractivity contribution in [3.8, 4) is 0 Å². The van der Waals surface area contributed by atoms with Crippen LogP contribution in [0.15, 0.2) is 22.7 Å². The summed E-state index contributed by atoms with van der Waals surface area (Å²) in [7, 11) is 0. The van der Waals surface area contributed by atoms with Gasteiger partial charge in [0.15, 0.2) is 0 Å². The highest BCUT2D eigenvalue weighted by atomic mass is 79.9. The molecular formula is C15H23Br2NO2. The summed E-state index contributed by atoms with van der Waals surface area (Å²) < 4.78 is 12.1. The van der Waals surface area contributed by atoms with Crippen LogP contribution in [0, 0.1) is 0 Å². The van der Waals surface area contributed by atoms with Crippen LogP contribution in [0.5, 0.6) is 0 Å². The van der Waals surface area contributed by atoms with Gasteiger partial charge in [0.1, 0.15) is 0 Å². The van der Waals surface area contributed by atoms with Gasteiger partial charge in [0.25, 0.3) is 0 Å². The molecule has 0 aliphatic carbocycles. The molecule has 0 unspecified atom stereocenters. The Bertz CT molecular complexity index is 378. The predicted octanol–water partition coefficient (Wildman–Crippen LogP) is 4.22. The molecule has 0 spiro atoms. The molecule has 1 rings (SSSR count). The summed E-state index contributed by atoms with van der Waals surface area (Å²) in [6.07, 6.45) is 0. The van der Waals surface area contributed by atoms with Crippen molar-refractivity contribution in [3.05, 3.63) is 28.2 Å². The average molecular weight is 409 g/mol. The van der Waals surface area contributed by atoms with E-state index in [4.69, 9.17) is 9.47 Å². The first-order valence-corrected chi connectivity index (χ1v) is 8.89. The molecule has 0 atom stereocenters. The van der Waals surface area contributed by atoms with Crippen LogP contribution in [0.3, 0.4) is 0 Å². The third-order valence-electron chi connectivity index (χ3n) is 2.93. The Morgan fingerprint density at radius 2 is 1.65 bits per heavy atom. The van der Waals surface area contributed by atoms with Crippen molar-refractivity contribution in [1.29, 1.82) is 0 Å². The molecule has 0 fully saturated rings. The second-order valence-electron chi connectivity index (χ2n) is 4.30. The minimum Gasteiger partial charge on any atom is -0.380 e. The molecule has 0 bridgehead atoms. The second kappa shape index (κ2) is 10.6. The summed E-state index contributed by atoms with van der Waals surface area (Å²) in [4.78, 5) is 2.30. The molecule has 0 aliphatic rings. The maximum absolute atomic E-state index is 5.47. The number of ether oxygens (including phenoxy) is 2. The molecule has 0 amide bonds. The van der Waals surface area contributed by atoms with Crippen LogP contribution in [0.2, 0.25) is 0 Å². The van der Waals surface area contributed by atoms with Gasteiger partial charge in [-0.3, -0.25) is 0 Å². The van der Waals surface area contributed by atoms with Crippen LogP contribution in [0.4, 0.5) is 5.69 Å². The van der Waals surface area contributed by atoms with Gasteiger partial charge in [0, 0.05) is 36.1 Å². The zero-order chi connectivity index (χ0) is 14.8. The van der Waals surface area contributed by atoms with Crippen molar-refractivity contribution in [3.63, 3.8) is 0 Å². The number of hydrogen-bond acceptors (Lipinski definition) is 3. The van der Waals surface area contributed by atoms with Crippen molar-refractivity contribution >= 4 is 37.5 Å². The highest BCUT2D eigenvalue weighted by molar-refractivity contribution is 9.10. The number of halogens is 2. The van der Waals surface area contributed by atoms with Gasteiger partial charge in [-0.25, -0.2) is 0 Å². The summed E-state index contributed by atoms with van der Waals surface area (Å²) >= 11 is 7.14. The van der Waals surface area contributed by atoms with Gasteiger partial charge in [0.2, 0.25) is 0 Å². The maximum Gasteiger partial charge on any atom is 0.0641 e. The van der Waals surface area contributed by atoms with Crippen LogP contribution in [0.1, 0.15) is 19.4 Å². The first-order chi connectivity index (χ1) is 9.72.